The van der Waals surface area contributed by atoms with Crippen LogP contribution < -0.4 is 10.5 Å². The van der Waals surface area contributed by atoms with Crippen molar-refractivity contribution in [2.24, 2.45) is 0 Å². The summed E-state index contributed by atoms with van der Waals surface area (Å²) in [5.74, 6) is 1.23. The van der Waals surface area contributed by atoms with Gasteiger partial charge in [-0.3, -0.25) is 0 Å². The lowest BCUT2D eigenvalue weighted by Crippen LogP contribution is -2.05. The van der Waals surface area contributed by atoms with Crippen molar-refractivity contribution in [3.8, 4) is 28.1 Å². The van der Waals surface area contributed by atoms with Gasteiger partial charge in [0, 0.05) is 11.1 Å². The maximum atomic E-state index is 6.28. The van der Waals surface area contributed by atoms with Crippen molar-refractivity contribution in [1.29, 1.82) is 0 Å². The molecule has 0 radical (unpaired) electrons. The standard InChI is InChI=1S/C18H15N5O/c1-24-14-9-7-13(8-10-14)16-17(19)23-18(22-21-16)15(11-20-23)12-5-3-2-4-6-12/h2-11H,19H2,1H3. The van der Waals surface area contributed by atoms with Gasteiger partial charge in [0.15, 0.2) is 11.5 Å². The first-order valence-corrected chi connectivity index (χ1v) is 7.47. The van der Waals surface area contributed by atoms with E-state index < -0.39 is 0 Å². The first-order chi connectivity index (χ1) is 11.8. The van der Waals surface area contributed by atoms with E-state index in [1.54, 1.807) is 17.8 Å². The number of hydrogen-bond acceptors (Lipinski definition) is 5. The van der Waals surface area contributed by atoms with Crippen LogP contribution in [0.3, 0.4) is 0 Å². The minimum Gasteiger partial charge on any atom is -0.497 e. The minimum atomic E-state index is 0.451. The van der Waals surface area contributed by atoms with Crippen molar-refractivity contribution < 1.29 is 4.74 Å². The molecule has 4 aromatic rings. The van der Waals surface area contributed by atoms with Gasteiger partial charge in [-0.2, -0.15) is 9.61 Å². The number of ether oxygens (including phenoxy) is 1. The van der Waals surface area contributed by atoms with Crippen molar-refractivity contribution in [2.45, 2.75) is 0 Å². The van der Waals surface area contributed by atoms with Crippen LogP contribution in [0.15, 0.2) is 60.8 Å². The Kier molecular flexibility index (Phi) is 3.35. The number of nitrogen functional groups attached to an aromatic ring is 1. The second-order valence-electron chi connectivity index (χ2n) is 5.32. The van der Waals surface area contributed by atoms with Gasteiger partial charge >= 0.3 is 0 Å². The molecule has 2 N–H and O–H groups in total. The van der Waals surface area contributed by atoms with E-state index in [0.29, 0.717) is 17.2 Å². The lowest BCUT2D eigenvalue weighted by atomic mass is 10.1. The van der Waals surface area contributed by atoms with Gasteiger partial charge in [0.05, 0.1) is 13.3 Å². The Morgan fingerprint density at radius 1 is 0.917 bits per heavy atom. The Morgan fingerprint density at radius 2 is 1.67 bits per heavy atom. The third kappa shape index (κ3) is 2.25. The fourth-order valence-electron chi connectivity index (χ4n) is 2.64. The zero-order chi connectivity index (χ0) is 16.5. The van der Waals surface area contributed by atoms with Crippen molar-refractivity contribution in [1.82, 2.24) is 19.8 Å². The van der Waals surface area contributed by atoms with Gasteiger partial charge in [-0.05, 0) is 29.8 Å². The normalized spacial score (nSPS) is 10.9. The quantitative estimate of drug-likeness (QED) is 0.628. The molecule has 0 aliphatic heterocycles. The monoisotopic (exact) mass is 317 g/mol. The smallest absolute Gasteiger partial charge is 0.187 e. The summed E-state index contributed by atoms with van der Waals surface area (Å²) in [7, 11) is 1.63. The Labute approximate surface area is 138 Å². The Morgan fingerprint density at radius 3 is 2.38 bits per heavy atom. The number of rotatable bonds is 3. The van der Waals surface area contributed by atoms with Gasteiger partial charge in [0.25, 0.3) is 0 Å². The number of benzene rings is 2. The summed E-state index contributed by atoms with van der Waals surface area (Å²) in [6.45, 7) is 0. The molecule has 0 saturated carbocycles. The molecular weight excluding hydrogens is 302 g/mol. The van der Waals surface area contributed by atoms with Crippen LogP contribution in [0.4, 0.5) is 5.82 Å². The molecular formula is C18H15N5O. The Hall–Kier alpha value is -3.41. The predicted molar refractivity (Wildman–Crippen MR) is 92.6 cm³/mol. The summed E-state index contributed by atoms with van der Waals surface area (Å²) in [6, 6.07) is 17.4. The van der Waals surface area contributed by atoms with Gasteiger partial charge in [-0.15, -0.1) is 10.2 Å². The van der Waals surface area contributed by atoms with E-state index >= 15 is 0 Å². The Balaban J connectivity index is 1.84. The molecule has 4 rings (SSSR count). The number of hydrogen-bond donors (Lipinski definition) is 1. The third-order valence-electron chi connectivity index (χ3n) is 3.91. The van der Waals surface area contributed by atoms with E-state index in [1.165, 1.54) is 0 Å². The summed E-state index contributed by atoms with van der Waals surface area (Å²) < 4.78 is 6.79. The molecule has 0 aliphatic carbocycles. The van der Waals surface area contributed by atoms with Crippen molar-refractivity contribution in [3.63, 3.8) is 0 Å². The number of anilines is 1. The van der Waals surface area contributed by atoms with Gasteiger partial charge in [-0.25, -0.2) is 0 Å². The number of methoxy groups -OCH3 is 1. The van der Waals surface area contributed by atoms with Crippen LogP contribution in [-0.2, 0) is 0 Å². The highest BCUT2D eigenvalue weighted by molar-refractivity contribution is 5.80. The molecule has 6 heteroatoms. The lowest BCUT2D eigenvalue weighted by molar-refractivity contribution is 0.415. The summed E-state index contributed by atoms with van der Waals surface area (Å²) >= 11 is 0. The highest BCUT2D eigenvalue weighted by Gasteiger charge is 2.15. The van der Waals surface area contributed by atoms with Crippen LogP contribution >= 0.6 is 0 Å². The zero-order valence-electron chi connectivity index (χ0n) is 13.0. The van der Waals surface area contributed by atoms with Gasteiger partial charge < -0.3 is 10.5 Å². The maximum Gasteiger partial charge on any atom is 0.187 e. The van der Waals surface area contributed by atoms with Crippen LogP contribution in [-0.4, -0.2) is 26.9 Å². The zero-order valence-corrected chi connectivity index (χ0v) is 13.0. The summed E-state index contributed by atoms with van der Waals surface area (Å²) in [6.07, 6.45) is 1.76. The van der Waals surface area contributed by atoms with E-state index in [1.807, 2.05) is 54.6 Å². The van der Waals surface area contributed by atoms with E-state index in [0.717, 1.165) is 22.4 Å². The molecule has 6 nitrogen and oxygen atoms in total. The van der Waals surface area contributed by atoms with E-state index in [-0.39, 0.29) is 0 Å². The van der Waals surface area contributed by atoms with Gasteiger partial charge in [0.1, 0.15) is 11.4 Å². The molecule has 0 bridgehead atoms. The summed E-state index contributed by atoms with van der Waals surface area (Å²) in [5.41, 5.74) is 10.3. The van der Waals surface area contributed by atoms with Crippen LogP contribution in [0, 0.1) is 0 Å². The molecule has 0 aliphatic rings. The molecule has 24 heavy (non-hydrogen) atoms. The number of nitrogens with two attached hydrogens (primary N) is 1. The largest absolute Gasteiger partial charge is 0.497 e. The average molecular weight is 317 g/mol. The molecule has 2 heterocycles. The molecule has 0 spiro atoms. The molecule has 0 saturated heterocycles. The topological polar surface area (TPSA) is 78.3 Å². The second kappa shape index (κ2) is 5.66. The third-order valence-corrected chi connectivity index (χ3v) is 3.91. The van der Waals surface area contributed by atoms with Crippen molar-refractivity contribution in [2.75, 3.05) is 12.8 Å². The molecule has 0 fully saturated rings. The number of fused-ring (bicyclic) bond motifs is 1. The fraction of sp³-hybridized carbons (Fsp3) is 0.0556. The Bertz CT molecular complexity index is 993. The van der Waals surface area contributed by atoms with Gasteiger partial charge in [0.2, 0.25) is 0 Å². The van der Waals surface area contributed by atoms with E-state index in [2.05, 4.69) is 15.3 Å². The van der Waals surface area contributed by atoms with Crippen molar-refractivity contribution in [3.05, 3.63) is 60.8 Å². The number of aromatic nitrogens is 4. The minimum absolute atomic E-state index is 0.451. The fourth-order valence-corrected chi connectivity index (χ4v) is 2.64. The van der Waals surface area contributed by atoms with Crippen molar-refractivity contribution >= 4 is 11.5 Å². The predicted octanol–water partition coefficient (Wildman–Crippen LogP) is 3.05. The average Bonchev–Trinajstić information content (AvgIpc) is 3.08. The number of nitrogens with zero attached hydrogens (tertiary/aromatic N) is 4. The molecule has 118 valence electrons. The SMILES string of the molecule is COc1ccc(-c2nnc3c(-c4ccccc4)cnn3c2N)cc1. The lowest BCUT2D eigenvalue weighted by Gasteiger charge is -2.07. The van der Waals surface area contributed by atoms with E-state index in [4.69, 9.17) is 10.5 Å². The first-order valence-electron chi connectivity index (χ1n) is 7.47. The van der Waals surface area contributed by atoms with Crippen LogP contribution in [0.1, 0.15) is 0 Å². The second-order valence-corrected chi connectivity index (χ2v) is 5.32. The summed E-state index contributed by atoms with van der Waals surface area (Å²) in [4.78, 5) is 0. The molecule has 2 aromatic carbocycles. The maximum absolute atomic E-state index is 6.28. The molecule has 0 atom stereocenters. The molecule has 0 unspecified atom stereocenters. The van der Waals surface area contributed by atoms with E-state index in [9.17, 15) is 0 Å². The highest BCUT2D eigenvalue weighted by Crippen LogP contribution is 2.28. The van der Waals surface area contributed by atoms with Gasteiger partial charge in [-0.1, -0.05) is 30.3 Å². The highest BCUT2D eigenvalue weighted by atomic mass is 16.5. The van der Waals surface area contributed by atoms with Crippen LogP contribution in [0.5, 0.6) is 5.75 Å². The summed E-state index contributed by atoms with van der Waals surface area (Å²) in [5, 5.41) is 13.0. The first kappa shape index (κ1) is 14.2. The molecule has 2 aromatic heterocycles. The van der Waals surface area contributed by atoms with Crippen LogP contribution in [0.25, 0.3) is 28.0 Å². The van der Waals surface area contributed by atoms with Crippen LogP contribution in [0.2, 0.25) is 0 Å². The molecule has 0 amide bonds.